The summed E-state index contributed by atoms with van der Waals surface area (Å²) in [4.78, 5) is 34.5. The number of benzene rings is 1. The number of hydrogen-bond acceptors (Lipinski definition) is 6. The molecule has 0 heterocycles. The molecule has 0 fully saturated rings. The lowest BCUT2D eigenvalue weighted by molar-refractivity contribution is -0.170. The molecule has 2 unspecified atom stereocenters. The molecule has 1 aromatic carbocycles. The van der Waals surface area contributed by atoms with Gasteiger partial charge in [0, 0.05) is 0 Å². The lowest BCUT2D eigenvalue weighted by Crippen LogP contribution is -2.41. The van der Waals surface area contributed by atoms with Crippen LogP contribution in [0.4, 0.5) is 0 Å². The predicted molar refractivity (Wildman–Crippen MR) is 81.2 cm³/mol. The van der Waals surface area contributed by atoms with Crippen LogP contribution in [-0.4, -0.2) is 35.2 Å². The van der Waals surface area contributed by atoms with Gasteiger partial charge in [0.1, 0.15) is 12.6 Å². The van der Waals surface area contributed by atoms with E-state index in [4.69, 9.17) is 20.3 Å². The normalized spacial score (nSPS) is 13.2. The number of ether oxygens (including phenoxy) is 2. The molecule has 7 nitrogen and oxygen atoms in total. The van der Waals surface area contributed by atoms with Crippen LogP contribution in [0.15, 0.2) is 30.3 Å². The Morgan fingerprint density at radius 1 is 1.17 bits per heavy atom. The molecule has 0 saturated carbocycles. The molecule has 2 atom stereocenters. The van der Waals surface area contributed by atoms with Crippen molar-refractivity contribution in [1.29, 1.82) is 0 Å². The summed E-state index contributed by atoms with van der Waals surface area (Å²) in [7, 11) is 0. The van der Waals surface area contributed by atoms with E-state index in [0.29, 0.717) is 0 Å². The van der Waals surface area contributed by atoms with Gasteiger partial charge < -0.3 is 20.3 Å². The smallest absolute Gasteiger partial charge is 0.345 e. The second-order valence-corrected chi connectivity index (χ2v) is 5.38. The van der Waals surface area contributed by atoms with Gasteiger partial charge >= 0.3 is 17.9 Å². The molecule has 0 spiro atoms. The molecule has 1 rings (SSSR count). The Kier molecular flexibility index (Phi) is 7.21. The molecule has 0 aliphatic heterocycles. The van der Waals surface area contributed by atoms with Gasteiger partial charge in [0.05, 0.1) is 6.42 Å². The summed E-state index contributed by atoms with van der Waals surface area (Å²) in [5.41, 5.74) is 6.36. The third-order valence-corrected chi connectivity index (χ3v) is 3.12. The van der Waals surface area contributed by atoms with Gasteiger partial charge in [-0.3, -0.25) is 9.59 Å². The van der Waals surface area contributed by atoms with Gasteiger partial charge in [-0.2, -0.15) is 0 Å². The minimum Gasteiger partial charge on any atom is -0.478 e. The maximum Gasteiger partial charge on any atom is 0.345 e. The minimum atomic E-state index is -1.62. The van der Waals surface area contributed by atoms with Crippen molar-refractivity contribution in [2.75, 3.05) is 0 Å². The molecule has 23 heavy (non-hydrogen) atoms. The van der Waals surface area contributed by atoms with Gasteiger partial charge in [0.2, 0.25) is 6.10 Å². The van der Waals surface area contributed by atoms with Gasteiger partial charge in [-0.1, -0.05) is 44.2 Å². The summed E-state index contributed by atoms with van der Waals surface area (Å²) in [6, 6.07) is 7.99. The fourth-order valence-corrected chi connectivity index (χ4v) is 1.62. The highest BCUT2D eigenvalue weighted by atomic mass is 16.6. The van der Waals surface area contributed by atoms with Crippen molar-refractivity contribution in [1.82, 2.24) is 0 Å². The van der Waals surface area contributed by atoms with Crippen LogP contribution in [0.3, 0.4) is 0 Å². The van der Waals surface area contributed by atoms with Crippen molar-refractivity contribution in [3.05, 3.63) is 35.9 Å². The van der Waals surface area contributed by atoms with E-state index < -0.39 is 36.5 Å². The maximum atomic E-state index is 11.7. The number of esters is 2. The van der Waals surface area contributed by atoms with Crippen molar-refractivity contribution in [2.45, 2.75) is 39.0 Å². The molecule has 126 valence electrons. The van der Waals surface area contributed by atoms with Crippen molar-refractivity contribution in [3.63, 3.8) is 0 Å². The lowest BCUT2D eigenvalue weighted by atomic mass is 10.1. The SMILES string of the molecule is CC(C)C(N)C(=O)OC(CC(=O)OCc1ccccc1)C(=O)O. The Morgan fingerprint density at radius 3 is 2.30 bits per heavy atom. The first-order valence-corrected chi connectivity index (χ1v) is 7.19. The van der Waals surface area contributed by atoms with Crippen LogP contribution < -0.4 is 5.73 Å². The molecule has 0 aromatic heterocycles. The van der Waals surface area contributed by atoms with E-state index in [1.807, 2.05) is 6.07 Å². The minimum absolute atomic E-state index is 0.0193. The molecule has 0 saturated heterocycles. The number of carbonyl (C=O) groups is 3. The van der Waals surface area contributed by atoms with E-state index in [-0.39, 0.29) is 12.5 Å². The van der Waals surface area contributed by atoms with Gasteiger partial charge in [-0.25, -0.2) is 4.79 Å². The summed E-state index contributed by atoms with van der Waals surface area (Å²) in [5.74, 6) is -3.26. The van der Waals surface area contributed by atoms with Crippen molar-refractivity contribution >= 4 is 17.9 Å². The van der Waals surface area contributed by atoms with Gasteiger partial charge in [-0.15, -0.1) is 0 Å². The zero-order chi connectivity index (χ0) is 17.4. The number of nitrogens with two attached hydrogens (primary N) is 1. The molecule has 3 N–H and O–H groups in total. The largest absolute Gasteiger partial charge is 0.478 e. The Balaban J connectivity index is 2.53. The molecule has 7 heteroatoms. The highest BCUT2D eigenvalue weighted by molar-refractivity contribution is 5.84. The summed E-state index contributed by atoms with van der Waals surface area (Å²) >= 11 is 0. The van der Waals surface area contributed by atoms with Crippen LogP contribution in [0.1, 0.15) is 25.8 Å². The Bertz CT molecular complexity index is 543. The number of carboxylic acid groups (broad SMARTS) is 1. The first kappa shape index (κ1) is 18.6. The average molecular weight is 323 g/mol. The fraction of sp³-hybridized carbons (Fsp3) is 0.438. The second-order valence-electron chi connectivity index (χ2n) is 5.38. The van der Waals surface area contributed by atoms with E-state index in [0.717, 1.165) is 5.56 Å². The Morgan fingerprint density at radius 2 is 1.78 bits per heavy atom. The van der Waals surface area contributed by atoms with E-state index in [2.05, 4.69) is 0 Å². The first-order chi connectivity index (χ1) is 10.8. The molecule has 0 amide bonds. The fourth-order valence-electron chi connectivity index (χ4n) is 1.62. The number of aliphatic carboxylic acids is 1. The quantitative estimate of drug-likeness (QED) is 0.688. The van der Waals surface area contributed by atoms with Gasteiger partial charge in [-0.05, 0) is 11.5 Å². The van der Waals surface area contributed by atoms with Crippen molar-refractivity contribution < 1.29 is 29.0 Å². The molecule has 0 radical (unpaired) electrons. The second kappa shape index (κ2) is 8.89. The zero-order valence-electron chi connectivity index (χ0n) is 13.1. The number of hydrogen-bond donors (Lipinski definition) is 2. The van der Waals surface area contributed by atoms with Crippen LogP contribution >= 0.6 is 0 Å². The van der Waals surface area contributed by atoms with Crippen LogP contribution in [0, 0.1) is 5.92 Å². The van der Waals surface area contributed by atoms with Crippen LogP contribution in [0.2, 0.25) is 0 Å². The van der Waals surface area contributed by atoms with Crippen molar-refractivity contribution in [2.24, 2.45) is 11.7 Å². The van der Waals surface area contributed by atoms with E-state index in [1.54, 1.807) is 38.1 Å². The highest BCUT2D eigenvalue weighted by Crippen LogP contribution is 2.08. The molecular weight excluding hydrogens is 302 g/mol. The highest BCUT2D eigenvalue weighted by Gasteiger charge is 2.29. The van der Waals surface area contributed by atoms with Crippen LogP contribution in [0.25, 0.3) is 0 Å². The standard InChI is InChI=1S/C16H21NO6/c1-10(2)14(17)16(21)23-12(15(19)20)8-13(18)22-9-11-6-4-3-5-7-11/h3-7,10,12,14H,8-9,17H2,1-2H3,(H,19,20). The van der Waals surface area contributed by atoms with Gasteiger partial charge in [0.25, 0.3) is 0 Å². The van der Waals surface area contributed by atoms with Crippen molar-refractivity contribution in [3.8, 4) is 0 Å². The molecule has 0 aliphatic carbocycles. The van der Waals surface area contributed by atoms with Crippen LogP contribution in [-0.2, 0) is 30.5 Å². The van der Waals surface area contributed by atoms with Crippen LogP contribution in [0.5, 0.6) is 0 Å². The molecule has 0 bridgehead atoms. The van der Waals surface area contributed by atoms with E-state index in [9.17, 15) is 14.4 Å². The number of rotatable bonds is 8. The lowest BCUT2D eigenvalue weighted by Gasteiger charge is -2.18. The maximum absolute atomic E-state index is 11.7. The van der Waals surface area contributed by atoms with E-state index >= 15 is 0 Å². The summed E-state index contributed by atoms with van der Waals surface area (Å²) in [5, 5.41) is 9.05. The molecular formula is C16H21NO6. The Labute approximate surface area is 134 Å². The zero-order valence-corrected chi connectivity index (χ0v) is 13.1. The molecule has 1 aromatic rings. The average Bonchev–Trinajstić information content (AvgIpc) is 2.52. The number of carbonyl (C=O) groups excluding carboxylic acids is 2. The summed E-state index contributed by atoms with van der Waals surface area (Å²) in [6.07, 6.45) is -2.19. The van der Waals surface area contributed by atoms with E-state index in [1.165, 1.54) is 0 Å². The third kappa shape index (κ3) is 6.48. The summed E-state index contributed by atoms with van der Waals surface area (Å²) < 4.78 is 9.77. The first-order valence-electron chi connectivity index (χ1n) is 7.19. The number of carboxylic acids is 1. The predicted octanol–water partition coefficient (Wildman–Crippen LogP) is 1.10. The summed E-state index contributed by atoms with van der Waals surface area (Å²) in [6.45, 7) is 3.43. The molecule has 0 aliphatic rings. The van der Waals surface area contributed by atoms with Gasteiger partial charge in [0.15, 0.2) is 0 Å². The Hall–Kier alpha value is -2.41. The monoisotopic (exact) mass is 323 g/mol. The topological polar surface area (TPSA) is 116 Å². The third-order valence-electron chi connectivity index (χ3n) is 3.12.